The second-order valence-electron chi connectivity index (χ2n) is 6.13. The first-order valence-electron chi connectivity index (χ1n) is 7.84. The Labute approximate surface area is 136 Å². The van der Waals surface area contributed by atoms with Gasteiger partial charge in [0.25, 0.3) is 0 Å². The Morgan fingerprint density at radius 1 is 1.26 bits per heavy atom. The summed E-state index contributed by atoms with van der Waals surface area (Å²) in [4.78, 5) is 13.0. The van der Waals surface area contributed by atoms with Gasteiger partial charge in [-0.25, -0.2) is 9.37 Å². The third kappa shape index (κ3) is 4.16. The van der Waals surface area contributed by atoms with E-state index in [9.17, 15) is 4.39 Å². The smallest absolute Gasteiger partial charge is 0.226 e. The van der Waals surface area contributed by atoms with Crippen LogP contribution in [0.15, 0.2) is 36.5 Å². The van der Waals surface area contributed by atoms with E-state index < -0.39 is 0 Å². The maximum absolute atomic E-state index is 13.0. The summed E-state index contributed by atoms with van der Waals surface area (Å²) in [5.41, 5.74) is 1.14. The molecule has 0 radical (unpaired) electrons. The first-order valence-corrected chi connectivity index (χ1v) is 7.84. The Bertz CT molecular complexity index is 644. The zero-order chi connectivity index (χ0) is 16.2. The van der Waals surface area contributed by atoms with E-state index in [0.29, 0.717) is 12.0 Å². The van der Waals surface area contributed by atoms with Crippen molar-refractivity contribution in [3.63, 3.8) is 0 Å². The zero-order valence-electron chi connectivity index (χ0n) is 13.5. The Hall–Kier alpha value is -2.21. The minimum atomic E-state index is -0.185. The third-order valence-corrected chi connectivity index (χ3v) is 3.99. The molecule has 1 aromatic heterocycles. The molecular weight excluding hydrogens is 293 g/mol. The van der Waals surface area contributed by atoms with Crippen LogP contribution in [0, 0.1) is 5.82 Å². The van der Waals surface area contributed by atoms with Crippen molar-refractivity contribution in [2.45, 2.75) is 19.0 Å². The summed E-state index contributed by atoms with van der Waals surface area (Å²) in [5.74, 6) is 1.38. The highest BCUT2D eigenvalue weighted by atomic mass is 19.1. The summed E-state index contributed by atoms with van der Waals surface area (Å²) < 4.78 is 13.0. The lowest BCUT2D eigenvalue weighted by Crippen LogP contribution is -2.26. The summed E-state index contributed by atoms with van der Waals surface area (Å²) >= 11 is 0. The minimum Gasteiger partial charge on any atom is -0.366 e. The fourth-order valence-corrected chi connectivity index (χ4v) is 2.80. The second kappa shape index (κ2) is 6.91. The highest BCUT2D eigenvalue weighted by molar-refractivity contribution is 5.41. The fraction of sp³-hybridized carbons (Fsp3) is 0.412. The summed E-state index contributed by atoms with van der Waals surface area (Å²) in [6.45, 7) is 2.84. The molecule has 1 N–H and O–H groups in total. The topological polar surface area (TPSA) is 44.3 Å². The number of nitrogens with zero attached hydrogens (tertiary/aromatic N) is 4. The average Bonchev–Trinajstić information content (AvgIpc) is 2.97. The van der Waals surface area contributed by atoms with Gasteiger partial charge in [0.2, 0.25) is 5.95 Å². The van der Waals surface area contributed by atoms with Gasteiger partial charge in [0.15, 0.2) is 0 Å². The van der Waals surface area contributed by atoms with Gasteiger partial charge in [-0.05, 0) is 30.2 Å². The molecule has 0 aliphatic carbocycles. The highest BCUT2D eigenvalue weighted by Gasteiger charge is 2.22. The van der Waals surface area contributed by atoms with Gasteiger partial charge in [0.1, 0.15) is 11.6 Å². The zero-order valence-corrected chi connectivity index (χ0v) is 13.5. The van der Waals surface area contributed by atoms with Crippen molar-refractivity contribution in [1.82, 2.24) is 14.9 Å². The molecule has 122 valence electrons. The van der Waals surface area contributed by atoms with E-state index in [1.807, 2.05) is 37.2 Å². The van der Waals surface area contributed by atoms with E-state index in [1.165, 1.54) is 12.1 Å². The molecule has 5 nitrogen and oxygen atoms in total. The standard InChI is InChI=1S/C17H22FN5/c1-22(2)17-19-9-7-16(21-17)20-15-8-10-23(12-15)11-13-3-5-14(18)6-4-13/h3-7,9,15H,8,10-12H2,1-2H3,(H,19,20,21). The third-order valence-electron chi connectivity index (χ3n) is 3.99. The molecule has 3 rings (SSSR count). The molecule has 1 atom stereocenters. The maximum atomic E-state index is 13.0. The van der Waals surface area contributed by atoms with E-state index in [2.05, 4.69) is 20.2 Å². The molecule has 1 unspecified atom stereocenters. The molecule has 2 aromatic rings. The normalized spacial score (nSPS) is 18.1. The number of likely N-dealkylation sites (tertiary alicyclic amines) is 1. The van der Waals surface area contributed by atoms with E-state index in [0.717, 1.165) is 37.4 Å². The van der Waals surface area contributed by atoms with Crippen molar-refractivity contribution in [3.8, 4) is 0 Å². The van der Waals surface area contributed by atoms with Crippen LogP contribution in [-0.4, -0.2) is 48.1 Å². The first-order chi connectivity index (χ1) is 11.1. The van der Waals surface area contributed by atoms with Crippen LogP contribution in [0.2, 0.25) is 0 Å². The van der Waals surface area contributed by atoms with Crippen LogP contribution >= 0.6 is 0 Å². The summed E-state index contributed by atoms with van der Waals surface area (Å²) in [6.07, 6.45) is 2.85. The first kappa shape index (κ1) is 15.7. The number of hydrogen-bond donors (Lipinski definition) is 1. The lowest BCUT2D eigenvalue weighted by Gasteiger charge is -2.18. The van der Waals surface area contributed by atoms with Gasteiger partial charge in [0.05, 0.1) is 0 Å². The second-order valence-corrected chi connectivity index (χ2v) is 6.13. The van der Waals surface area contributed by atoms with Gasteiger partial charge in [-0.3, -0.25) is 4.90 Å². The summed E-state index contributed by atoms with van der Waals surface area (Å²) in [5, 5.41) is 3.48. The van der Waals surface area contributed by atoms with E-state index >= 15 is 0 Å². The van der Waals surface area contributed by atoms with Crippen LogP contribution in [0.4, 0.5) is 16.2 Å². The predicted octanol–water partition coefficient (Wildman–Crippen LogP) is 2.37. The van der Waals surface area contributed by atoms with Crippen molar-refractivity contribution in [2.24, 2.45) is 0 Å². The van der Waals surface area contributed by atoms with Gasteiger partial charge in [0, 0.05) is 46.0 Å². The SMILES string of the molecule is CN(C)c1nccc(NC2CCN(Cc3ccc(F)cc3)C2)n1. The molecular formula is C17H22FN5. The van der Waals surface area contributed by atoms with Crippen molar-refractivity contribution in [1.29, 1.82) is 0 Å². The lowest BCUT2D eigenvalue weighted by molar-refractivity contribution is 0.328. The monoisotopic (exact) mass is 315 g/mol. The van der Waals surface area contributed by atoms with Gasteiger partial charge in [-0.1, -0.05) is 12.1 Å². The van der Waals surface area contributed by atoms with Gasteiger partial charge in [-0.2, -0.15) is 4.98 Å². The highest BCUT2D eigenvalue weighted by Crippen LogP contribution is 2.18. The average molecular weight is 315 g/mol. The number of nitrogens with one attached hydrogen (secondary N) is 1. The molecule has 1 fully saturated rings. The molecule has 1 aliphatic rings. The Morgan fingerprint density at radius 2 is 2.04 bits per heavy atom. The Kier molecular flexibility index (Phi) is 4.71. The molecule has 1 aromatic carbocycles. The maximum Gasteiger partial charge on any atom is 0.226 e. The number of benzene rings is 1. The Balaban J connectivity index is 1.55. The van der Waals surface area contributed by atoms with Crippen LogP contribution in [0.1, 0.15) is 12.0 Å². The molecule has 23 heavy (non-hydrogen) atoms. The number of aromatic nitrogens is 2. The van der Waals surface area contributed by atoms with Crippen LogP contribution < -0.4 is 10.2 Å². The quantitative estimate of drug-likeness (QED) is 0.918. The van der Waals surface area contributed by atoms with E-state index in [-0.39, 0.29) is 5.82 Å². The van der Waals surface area contributed by atoms with Crippen molar-refractivity contribution < 1.29 is 4.39 Å². The van der Waals surface area contributed by atoms with Crippen LogP contribution in [0.3, 0.4) is 0 Å². The summed E-state index contributed by atoms with van der Waals surface area (Å²) in [7, 11) is 3.86. The van der Waals surface area contributed by atoms with Crippen LogP contribution in [-0.2, 0) is 6.54 Å². The molecule has 6 heteroatoms. The van der Waals surface area contributed by atoms with Crippen molar-refractivity contribution in [3.05, 3.63) is 47.9 Å². The predicted molar refractivity (Wildman–Crippen MR) is 90.1 cm³/mol. The number of hydrogen-bond acceptors (Lipinski definition) is 5. The Morgan fingerprint density at radius 3 is 2.78 bits per heavy atom. The molecule has 0 bridgehead atoms. The van der Waals surface area contributed by atoms with Crippen LogP contribution in [0.25, 0.3) is 0 Å². The molecule has 1 saturated heterocycles. The van der Waals surface area contributed by atoms with E-state index in [1.54, 1.807) is 6.20 Å². The van der Waals surface area contributed by atoms with Crippen molar-refractivity contribution in [2.75, 3.05) is 37.4 Å². The number of rotatable bonds is 5. The largest absolute Gasteiger partial charge is 0.366 e. The fourth-order valence-electron chi connectivity index (χ4n) is 2.80. The van der Waals surface area contributed by atoms with Gasteiger partial charge in [-0.15, -0.1) is 0 Å². The molecule has 2 heterocycles. The van der Waals surface area contributed by atoms with Crippen molar-refractivity contribution >= 4 is 11.8 Å². The molecule has 1 aliphatic heterocycles. The summed E-state index contributed by atoms with van der Waals surface area (Å²) in [6, 6.07) is 9.01. The minimum absolute atomic E-state index is 0.185. The molecule has 0 amide bonds. The number of anilines is 2. The van der Waals surface area contributed by atoms with Gasteiger partial charge >= 0.3 is 0 Å². The lowest BCUT2D eigenvalue weighted by atomic mass is 10.2. The van der Waals surface area contributed by atoms with Gasteiger partial charge < -0.3 is 10.2 Å². The van der Waals surface area contributed by atoms with E-state index in [4.69, 9.17) is 0 Å². The molecule has 0 spiro atoms. The number of halogens is 1. The van der Waals surface area contributed by atoms with Crippen LogP contribution in [0.5, 0.6) is 0 Å². The molecule has 0 saturated carbocycles.